The number of aryl methyl sites for hydroxylation is 2. The number of esters is 1. The molecule has 0 bridgehead atoms. The Hall–Kier alpha value is -2.62. The van der Waals surface area contributed by atoms with Crippen LogP contribution < -0.4 is 5.73 Å². The Morgan fingerprint density at radius 2 is 1.58 bits per heavy atom. The van der Waals surface area contributed by atoms with E-state index >= 15 is 0 Å². The topological polar surface area (TPSA) is 69.4 Å². The molecule has 124 valence electrons. The third kappa shape index (κ3) is 4.02. The summed E-state index contributed by atoms with van der Waals surface area (Å²) in [5.74, 6) is -0.712. The zero-order valence-electron chi connectivity index (χ0n) is 13.6. The lowest BCUT2D eigenvalue weighted by Crippen LogP contribution is -2.11. The third-order valence-electron chi connectivity index (χ3n) is 4.40. The Morgan fingerprint density at radius 1 is 0.917 bits per heavy atom. The van der Waals surface area contributed by atoms with Crippen molar-refractivity contribution >= 4 is 11.9 Å². The summed E-state index contributed by atoms with van der Waals surface area (Å²) in [6, 6.07) is 13.0. The number of ether oxygens (including phenoxy) is 1. The van der Waals surface area contributed by atoms with Crippen LogP contribution >= 0.6 is 0 Å². The summed E-state index contributed by atoms with van der Waals surface area (Å²) in [6.07, 6.45) is 5.00. The molecule has 2 aromatic rings. The minimum absolute atomic E-state index is 0.197. The van der Waals surface area contributed by atoms with E-state index in [4.69, 9.17) is 10.5 Å². The molecular formula is C20H21NO3. The molecule has 0 aliphatic heterocycles. The van der Waals surface area contributed by atoms with Crippen LogP contribution in [0.1, 0.15) is 45.5 Å². The van der Waals surface area contributed by atoms with Gasteiger partial charge in [-0.25, -0.2) is 0 Å². The molecule has 2 N–H and O–H groups in total. The van der Waals surface area contributed by atoms with Crippen LogP contribution in [0.15, 0.2) is 42.5 Å². The number of fused-ring (bicyclic) bond motifs is 1. The normalized spacial score (nSPS) is 13.2. The largest absolute Gasteiger partial charge is 0.461 e. The maximum absolute atomic E-state index is 12.0. The van der Waals surface area contributed by atoms with E-state index in [2.05, 4.69) is 12.1 Å². The fraction of sp³-hybridized carbons (Fsp3) is 0.300. The van der Waals surface area contributed by atoms with Gasteiger partial charge in [0.25, 0.3) is 0 Å². The van der Waals surface area contributed by atoms with Crippen molar-refractivity contribution in [3.8, 4) is 0 Å². The van der Waals surface area contributed by atoms with E-state index in [1.807, 2.05) is 6.07 Å². The molecule has 2 aromatic carbocycles. The minimum atomic E-state index is -0.467. The van der Waals surface area contributed by atoms with Gasteiger partial charge in [-0.2, -0.15) is 0 Å². The van der Waals surface area contributed by atoms with Gasteiger partial charge < -0.3 is 10.5 Å². The summed E-state index contributed by atoms with van der Waals surface area (Å²) in [5.41, 5.74) is 10.3. The highest BCUT2D eigenvalue weighted by Crippen LogP contribution is 2.22. The average molecular weight is 323 g/mol. The van der Waals surface area contributed by atoms with E-state index in [1.165, 1.54) is 24.0 Å². The van der Waals surface area contributed by atoms with E-state index in [0.29, 0.717) is 5.56 Å². The van der Waals surface area contributed by atoms with Gasteiger partial charge >= 0.3 is 5.97 Å². The standard InChI is InChI=1S/C20H21NO3/c21-20(23)17-9-5-14(6-10-17)13-24-19(22)12-15-7-8-16-3-1-2-4-18(16)11-15/h5-11H,1-4,12-13H2,(H2,21,23). The number of carbonyl (C=O) groups is 2. The Kier molecular flexibility index (Phi) is 4.94. The van der Waals surface area contributed by atoms with Crippen LogP contribution in [-0.4, -0.2) is 11.9 Å². The predicted molar refractivity (Wildman–Crippen MR) is 91.5 cm³/mol. The second-order valence-corrected chi connectivity index (χ2v) is 6.21. The Morgan fingerprint density at radius 3 is 2.29 bits per heavy atom. The van der Waals surface area contributed by atoms with E-state index in [1.54, 1.807) is 24.3 Å². The molecule has 0 aromatic heterocycles. The van der Waals surface area contributed by atoms with Crippen LogP contribution in [0.25, 0.3) is 0 Å². The molecule has 0 saturated heterocycles. The lowest BCUT2D eigenvalue weighted by molar-refractivity contribution is -0.144. The van der Waals surface area contributed by atoms with Gasteiger partial charge in [0.15, 0.2) is 0 Å². The first kappa shape index (κ1) is 16.2. The van der Waals surface area contributed by atoms with Crippen molar-refractivity contribution in [3.63, 3.8) is 0 Å². The number of benzene rings is 2. The van der Waals surface area contributed by atoms with Gasteiger partial charge in [-0.15, -0.1) is 0 Å². The molecule has 0 saturated carbocycles. The Bertz CT molecular complexity index is 750. The number of primary amides is 1. The van der Waals surface area contributed by atoms with Crippen LogP contribution in [0.5, 0.6) is 0 Å². The molecule has 4 heteroatoms. The van der Waals surface area contributed by atoms with Crippen LogP contribution in [0.3, 0.4) is 0 Å². The molecule has 0 spiro atoms. The predicted octanol–water partition coefficient (Wildman–Crippen LogP) is 2.95. The fourth-order valence-electron chi connectivity index (χ4n) is 3.04. The third-order valence-corrected chi connectivity index (χ3v) is 4.40. The summed E-state index contributed by atoms with van der Waals surface area (Å²) < 4.78 is 5.32. The zero-order chi connectivity index (χ0) is 16.9. The van der Waals surface area contributed by atoms with Crippen molar-refractivity contribution in [1.29, 1.82) is 0 Å². The van der Waals surface area contributed by atoms with Gasteiger partial charge in [0.2, 0.25) is 5.91 Å². The van der Waals surface area contributed by atoms with Crippen LogP contribution in [0, 0.1) is 0 Å². The fourth-order valence-corrected chi connectivity index (χ4v) is 3.04. The zero-order valence-corrected chi connectivity index (χ0v) is 13.6. The lowest BCUT2D eigenvalue weighted by Gasteiger charge is -2.16. The van der Waals surface area contributed by atoms with Gasteiger partial charge in [0, 0.05) is 5.56 Å². The maximum atomic E-state index is 12.0. The highest BCUT2D eigenvalue weighted by molar-refractivity contribution is 5.92. The summed E-state index contributed by atoms with van der Waals surface area (Å²) in [5, 5.41) is 0. The quantitative estimate of drug-likeness (QED) is 0.860. The molecule has 1 aliphatic rings. The van der Waals surface area contributed by atoms with Gasteiger partial charge in [0.1, 0.15) is 6.61 Å². The number of rotatable bonds is 5. The maximum Gasteiger partial charge on any atom is 0.310 e. The van der Waals surface area contributed by atoms with Crippen LogP contribution in [0.2, 0.25) is 0 Å². The van der Waals surface area contributed by atoms with E-state index in [-0.39, 0.29) is 19.0 Å². The summed E-state index contributed by atoms with van der Waals surface area (Å²) >= 11 is 0. The van der Waals surface area contributed by atoms with Crippen molar-refractivity contribution in [3.05, 3.63) is 70.3 Å². The number of hydrogen-bond donors (Lipinski definition) is 1. The SMILES string of the molecule is NC(=O)c1ccc(COC(=O)Cc2ccc3c(c2)CCCC3)cc1. The Balaban J connectivity index is 1.55. The molecule has 0 unspecified atom stereocenters. The first-order valence-electron chi connectivity index (χ1n) is 8.27. The van der Waals surface area contributed by atoms with Crippen LogP contribution in [-0.2, 0) is 35.4 Å². The highest BCUT2D eigenvalue weighted by atomic mass is 16.5. The molecule has 0 radical (unpaired) electrons. The molecule has 1 aliphatic carbocycles. The summed E-state index contributed by atoms with van der Waals surface area (Å²) in [4.78, 5) is 23.1. The van der Waals surface area contributed by atoms with Crippen molar-refractivity contribution in [2.75, 3.05) is 0 Å². The van der Waals surface area contributed by atoms with E-state index in [0.717, 1.165) is 24.0 Å². The van der Waals surface area contributed by atoms with E-state index < -0.39 is 5.91 Å². The summed E-state index contributed by atoms with van der Waals surface area (Å²) in [6.45, 7) is 0.197. The number of nitrogens with two attached hydrogens (primary N) is 1. The summed E-state index contributed by atoms with van der Waals surface area (Å²) in [7, 11) is 0. The number of hydrogen-bond acceptors (Lipinski definition) is 3. The van der Waals surface area contributed by atoms with Gasteiger partial charge in [-0.1, -0.05) is 30.3 Å². The second-order valence-electron chi connectivity index (χ2n) is 6.21. The molecule has 3 rings (SSSR count). The lowest BCUT2D eigenvalue weighted by atomic mass is 9.90. The molecule has 4 nitrogen and oxygen atoms in total. The highest BCUT2D eigenvalue weighted by Gasteiger charge is 2.12. The average Bonchev–Trinajstić information content (AvgIpc) is 2.60. The second kappa shape index (κ2) is 7.30. The van der Waals surface area contributed by atoms with Crippen molar-refractivity contribution in [1.82, 2.24) is 0 Å². The molecule has 0 heterocycles. The number of amides is 1. The van der Waals surface area contributed by atoms with E-state index in [9.17, 15) is 9.59 Å². The van der Waals surface area contributed by atoms with Gasteiger partial charge in [-0.3, -0.25) is 9.59 Å². The van der Waals surface area contributed by atoms with Crippen molar-refractivity contribution in [2.24, 2.45) is 5.73 Å². The smallest absolute Gasteiger partial charge is 0.310 e. The number of carbonyl (C=O) groups excluding carboxylic acids is 2. The molecule has 1 amide bonds. The minimum Gasteiger partial charge on any atom is -0.461 e. The van der Waals surface area contributed by atoms with Gasteiger partial charge in [-0.05, 0) is 60.1 Å². The molecule has 0 fully saturated rings. The first-order chi connectivity index (χ1) is 11.6. The van der Waals surface area contributed by atoms with Gasteiger partial charge in [0.05, 0.1) is 6.42 Å². The van der Waals surface area contributed by atoms with Crippen molar-refractivity contribution < 1.29 is 14.3 Å². The first-order valence-corrected chi connectivity index (χ1v) is 8.27. The monoisotopic (exact) mass is 323 g/mol. The Labute approximate surface area is 141 Å². The van der Waals surface area contributed by atoms with Crippen LogP contribution in [0.4, 0.5) is 0 Å². The molecular weight excluding hydrogens is 302 g/mol. The molecule has 0 atom stereocenters. The van der Waals surface area contributed by atoms with Crippen molar-refractivity contribution in [2.45, 2.75) is 38.7 Å². The molecule has 24 heavy (non-hydrogen) atoms.